The van der Waals surface area contributed by atoms with Crippen LogP contribution in [0.15, 0.2) is 43.6 Å². The van der Waals surface area contributed by atoms with Crippen molar-refractivity contribution in [3.05, 3.63) is 44.7 Å². The summed E-state index contributed by atoms with van der Waals surface area (Å²) < 4.78 is 10.7. The van der Waals surface area contributed by atoms with E-state index in [0.29, 0.717) is 0 Å². The third kappa shape index (κ3) is 7.71. The van der Waals surface area contributed by atoms with Crippen LogP contribution in [0.1, 0.15) is 18.3 Å². The zero-order valence-corrected chi connectivity index (χ0v) is 32.5. The van der Waals surface area contributed by atoms with Crippen molar-refractivity contribution in [3.63, 3.8) is 0 Å². The van der Waals surface area contributed by atoms with Crippen molar-refractivity contribution < 1.29 is 57.8 Å². The lowest BCUT2D eigenvalue weighted by Crippen LogP contribution is -2.71. The predicted octanol–water partition coefficient (Wildman–Crippen LogP) is -1.34. The molecule has 2 aromatic rings. The molecule has 296 valence electrons. The molecule has 7 N–H and O–H groups in total. The van der Waals surface area contributed by atoms with Crippen molar-refractivity contribution in [3.8, 4) is 0 Å². The van der Waals surface area contributed by atoms with Gasteiger partial charge in [0.05, 0.1) is 0 Å². The number of β-lactam (4-membered cyclic amide) rings is 2. The number of ether oxygens (including phenoxy) is 2. The number of aromatic nitrogens is 2. The van der Waals surface area contributed by atoms with Gasteiger partial charge in [-0.25, -0.2) is 19.6 Å². The molecule has 4 aliphatic rings. The molecular formula is C30H30N10O12S4. The van der Waals surface area contributed by atoms with Crippen molar-refractivity contribution in [2.45, 2.75) is 29.8 Å². The fourth-order valence-corrected chi connectivity index (χ4v) is 9.54. The first kappa shape index (κ1) is 39.9. The molecule has 0 spiro atoms. The second-order valence-electron chi connectivity index (χ2n) is 11.7. The molecule has 56 heavy (non-hydrogen) atoms. The molecule has 0 aliphatic carbocycles. The van der Waals surface area contributed by atoms with Crippen LogP contribution in [0.4, 0.5) is 10.3 Å². The third-order valence-corrected chi connectivity index (χ3v) is 12.2. The van der Waals surface area contributed by atoms with E-state index in [2.05, 4.69) is 30.9 Å². The highest BCUT2D eigenvalue weighted by Crippen LogP contribution is 2.42. The molecular weight excluding hydrogens is 821 g/mol. The summed E-state index contributed by atoms with van der Waals surface area (Å²) >= 11 is 4.41. The maximum absolute atomic E-state index is 13.7. The van der Waals surface area contributed by atoms with E-state index in [9.17, 15) is 38.7 Å². The molecule has 0 saturated carbocycles. The predicted molar refractivity (Wildman–Crippen MR) is 199 cm³/mol. The van der Waals surface area contributed by atoms with Crippen molar-refractivity contribution >= 4 is 109 Å². The number of carboxylic acids is 1. The average molecular weight is 851 g/mol. The standard InChI is InChI=1S/C30H30N10O12S4/c1-10(41)51-4-12-7-54-26-18(36-22(43)16(38-50-3)14-9-56-30(32)34-14)24(45)40(26)20(12)28(48)52-5-11-6-53-25-17(23(44)39(25)19(11)27(46)47)35-21(42)15(37-49-2)13-8-55-29(31)33-13/h8-9,17-18,25-26H,4-7H2,1-3H3,(H2,31,33)(H2,32,34)(H,35,42)(H,36,43)(H,46,47)/b37-15-,38-16-/t17?,18?,25-,26+/m0/s1. The maximum atomic E-state index is 13.7. The number of oxime groups is 2. The Morgan fingerprint density at radius 1 is 0.804 bits per heavy atom. The Morgan fingerprint density at radius 3 is 1.66 bits per heavy atom. The van der Waals surface area contributed by atoms with Crippen LogP contribution < -0.4 is 22.1 Å². The first-order valence-electron chi connectivity index (χ1n) is 15.9. The average Bonchev–Trinajstić information content (AvgIpc) is 3.81. The zero-order chi connectivity index (χ0) is 40.4. The Hall–Kier alpha value is -5.73. The highest BCUT2D eigenvalue weighted by atomic mass is 32.2. The first-order valence-corrected chi connectivity index (χ1v) is 19.7. The first-order chi connectivity index (χ1) is 26.7. The van der Waals surface area contributed by atoms with Crippen LogP contribution in [-0.4, -0.2) is 140 Å². The van der Waals surface area contributed by atoms with Gasteiger partial charge in [-0.2, -0.15) is 0 Å². The lowest BCUT2D eigenvalue weighted by Gasteiger charge is -2.50. The third-order valence-electron chi connectivity index (χ3n) is 8.22. The second-order valence-corrected chi connectivity index (χ2v) is 15.7. The van der Waals surface area contributed by atoms with E-state index >= 15 is 0 Å². The van der Waals surface area contributed by atoms with Crippen LogP contribution in [0.2, 0.25) is 0 Å². The molecule has 2 aromatic heterocycles. The zero-order valence-electron chi connectivity index (χ0n) is 29.2. The van der Waals surface area contributed by atoms with E-state index in [-0.39, 0.29) is 68.0 Å². The highest BCUT2D eigenvalue weighted by molar-refractivity contribution is 8.00. The van der Waals surface area contributed by atoms with Crippen molar-refractivity contribution in [2.24, 2.45) is 10.3 Å². The minimum atomic E-state index is -1.49. The number of thioether (sulfide) groups is 2. The van der Waals surface area contributed by atoms with E-state index in [1.807, 2.05) is 0 Å². The van der Waals surface area contributed by atoms with Gasteiger partial charge in [-0.1, -0.05) is 10.3 Å². The number of esters is 2. The number of anilines is 2. The van der Waals surface area contributed by atoms with Gasteiger partial charge in [-0.15, -0.1) is 46.2 Å². The summed E-state index contributed by atoms with van der Waals surface area (Å²) in [6, 6.07) is -2.27. The van der Waals surface area contributed by atoms with Gasteiger partial charge in [-0.3, -0.25) is 33.8 Å². The van der Waals surface area contributed by atoms with Gasteiger partial charge in [0, 0.05) is 40.3 Å². The highest BCUT2D eigenvalue weighted by Gasteiger charge is 2.56. The van der Waals surface area contributed by atoms with E-state index in [4.69, 9.17) is 30.6 Å². The molecule has 26 heteroatoms. The van der Waals surface area contributed by atoms with Gasteiger partial charge >= 0.3 is 17.9 Å². The van der Waals surface area contributed by atoms with Crippen molar-refractivity contribution in [1.29, 1.82) is 0 Å². The number of carboxylic acid groups (broad SMARTS) is 1. The van der Waals surface area contributed by atoms with E-state index in [0.717, 1.165) is 51.2 Å². The summed E-state index contributed by atoms with van der Waals surface area (Å²) in [7, 11) is 2.44. The summed E-state index contributed by atoms with van der Waals surface area (Å²) in [5.74, 6) is -6.19. The molecule has 6 rings (SSSR count). The fraction of sp³-hybridized carbons (Fsp3) is 0.367. The number of hydrogen-bond acceptors (Lipinski definition) is 21. The number of nitrogens with zero attached hydrogens (tertiary/aromatic N) is 6. The van der Waals surface area contributed by atoms with Crippen LogP contribution in [0.25, 0.3) is 0 Å². The number of hydrogen-bond donors (Lipinski definition) is 5. The summed E-state index contributed by atoms with van der Waals surface area (Å²) in [4.78, 5) is 111. The minimum Gasteiger partial charge on any atom is -0.477 e. The number of carbonyl (C=O) groups is 7. The lowest BCUT2D eigenvalue weighted by molar-refractivity contribution is -0.152. The molecule has 4 atom stereocenters. The number of thiazole rings is 2. The van der Waals surface area contributed by atoms with Crippen LogP contribution in [-0.2, 0) is 52.7 Å². The number of carbonyl (C=O) groups excluding carboxylic acids is 6. The number of aliphatic carboxylic acids is 1. The Labute approximate surface area is 331 Å². The van der Waals surface area contributed by atoms with Crippen LogP contribution in [0.5, 0.6) is 0 Å². The number of nitrogens with one attached hydrogen (secondary N) is 2. The number of fused-ring (bicyclic) bond motifs is 2. The Kier molecular flexibility index (Phi) is 11.8. The van der Waals surface area contributed by atoms with E-state index < -0.39 is 76.7 Å². The molecule has 2 unspecified atom stereocenters. The molecule has 0 radical (unpaired) electrons. The van der Waals surface area contributed by atoms with Gasteiger partial charge in [-0.05, 0) is 0 Å². The summed E-state index contributed by atoms with van der Waals surface area (Å²) in [5, 5.41) is 24.4. The molecule has 2 saturated heterocycles. The van der Waals surface area contributed by atoms with Crippen molar-refractivity contribution in [2.75, 3.05) is 50.4 Å². The summed E-state index contributed by atoms with van der Waals surface area (Å²) in [6.07, 6.45) is 0. The van der Waals surface area contributed by atoms with Crippen molar-refractivity contribution in [1.82, 2.24) is 30.4 Å². The van der Waals surface area contributed by atoms with Gasteiger partial charge < -0.3 is 46.4 Å². The SMILES string of the molecule is CO/N=C(\C(=O)NC1C(=O)N2C(C(=O)OCC3=C(C(=O)O)N4C(=O)C(NC(=O)/C(=N\OC)c5csc(N)n5)[C@@H]4SC3)=C(COC(C)=O)CS[C@H]12)c1csc(N)n1. The Morgan fingerprint density at radius 2 is 1.25 bits per heavy atom. The van der Waals surface area contributed by atoms with Gasteiger partial charge in [0.25, 0.3) is 23.6 Å². The quantitative estimate of drug-likeness (QED) is 0.0636. The number of nitrogens with two attached hydrogens (primary N) is 2. The monoisotopic (exact) mass is 850 g/mol. The van der Waals surface area contributed by atoms with Crippen LogP contribution >= 0.6 is 46.2 Å². The topological polar surface area (TPSA) is 310 Å². The normalized spacial score (nSPS) is 22.0. The van der Waals surface area contributed by atoms with Gasteiger partial charge in [0.15, 0.2) is 21.7 Å². The molecule has 4 aliphatic heterocycles. The molecule has 4 amide bonds. The smallest absolute Gasteiger partial charge is 0.355 e. The maximum Gasteiger partial charge on any atom is 0.355 e. The van der Waals surface area contributed by atoms with E-state index in [1.165, 1.54) is 36.7 Å². The van der Waals surface area contributed by atoms with Crippen LogP contribution in [0, 0.1) is 0 Å². The Balaban J connectivity index is 1.16. The van der Waals surface area contributed by atoms with Gasteiger partial charge in [0.2, 0.25) is 0 Å². The van der Waals surface area contributed by atoms with Crippen LogP contribution in [0.3, 0.4) is 0 Å². The Bertz CT molecular complexity index is 2150. The minimum absolute atomic E-state index is 0.0258. The molecule has 0 aromatic carbocycles. The second kappa shape index (κ2) is 16.6. The number of amides is 4. The molecule has 6 heterocycles. The van der Waals surface area contributed by atoms with E-state index in [1.54, 1.807) is 0 Å². The number of rotatable bonds is 14. The molecule has 2 fully saturated rings. The largest absolute Gasteiger partial charge is 0.477 e. The molecule has 0 bridgehead atoms. The lowest BCUT2D eigenvalue weighted by atomic mass is 10.0. The van der Waals surface area contributed by atoms with Gasteiger partial charge in [0.1, 0.15) is 73.0 Å². The number of nitrogen functional groups attached to an aromatic ring is 2. The fourth-order valence-electron chi connectivity index (χ4n) is 5.79. The summed E-state index contributed by atoms with van der Waals surface area (Å²) in [5.41, 5.74) is 10.7. The summed E-state index contributed by atoms with van der Waals surface area (Å²) in [6.45, 7) is 0.199. The molecule has 22 nitrogen and oxygen atoms in total.